The highest BCUT2D eigenvalue weighted by Crippen LogP contribution is 2.35. The normalized spacial score (nSPS) is 11.9. The van der Waals surface area contributed by atoms with Crippen LogP contribution in [-0.2, 0) is 6.61 Å². The monoisotopic (exact) mass is 584 g/mol. The van der Waals surface area contributed by atoms with Crippen molar-refractivity contribution in [2.24, 2.45) is 0 Å². The maximum Gasteiger partial charge on any atom is 0.335 e. The Morgan fingerprint density at radius 1 is 1.18 bits per heavy atom. The van der Waals surface area contributed by atoms with Gasteiger partial charge in [0.05, 0.1) is 31.8 Å². The molecule has 0 unspecified atom stereocenters. The molecule has 1 N–H and O–H groups in total. The Labute approximate surface area is 211 Å². The Balaban J connectivity index is 1.46. The molecule has 0 aliphatic rings. The summed E-state index contributed by atoms with van der Waals surface area (Å²) in [5.41, 5.74) is 3.36. The van der Waals surface area contributed by atoms with Gasteiger partial charge >= 0.3 is 5.97 Å². The van der Waals surface area contributed by atoms with Gasteiger partial charge in [-0.1, -0.05) is 35.6 Å². The summed E-state index contributed by atoms with van der Waals surface area (Å²) >= 11 is 3.52. The van der Waals surface area contributed by atoms with E-state index in [9.17, 15) is 9.59 Å². The average molecular weight is 584 g/mol. The molecule has 2 heterocycles. The summed E-state index contributed by atoms with van der Waals surface area (Å²) in [5.74, 6) is 0.153. The van der Waals surface area contributed by atoms with Crippen LogP contribution in [0.25, 0.3) is 22.1 Å². The fraction of sp³-hybridized carbons (Fsp3) is 0.0800. The van der Waals surface area contributed by atoms with Crippen molar-refractivity contribution in [3.8, 4) is 11.5 Å². The first-order valence-corrected chi connectivity index (χ1v) is 12.1. The fourth-order valence-electron chi connectivity index (χ4n) is 3.63. The van der Waals surface area contributed by atoms with Gasteiger partial charge in [-0.15, -0.1) is 0 Å². The van der Waals surface area contributed by atoms with Crippen molar-refractivity contribution >= 4 is 62.0 Å². The lowest BCUT2D eigenvalue weighted by atomic mass is 10.1. The molecular formula is C25H17IN2O5S. The molecule has 0 saturated carbocycles. The van der Waals surface area contributed by atoms with Gasteiger partial charge in [0.15, 0.2) is 16.5 Å². The van der Waals surface area contributed by atoms with Gasteiger partial charge < -0.3 is 14.6 Å². The summed E-state index contributed by atoms with van der Waals surface area (Å²) in [7, 11) is 1.56. The van der Waals surface area contributed by atoms with Crippen molar-refractivity contribution in [2.45, 2.75) is 6.61 Å². The summed E-state index contributed by atoms with van der Waals surface area (Å²) in [6.07, 6.45) is 1.83. The summed E-state index contributed by atoms with van der Waals surface area (Å²) in [5, 5.41) is 9.04. The van der Waals surface area contributed by atoms with Gasteiger partial charge in [-0.3, -0.25) is 4.79 Å². The number of aromatic nitrogens is 2. The zero-order chi connectivity index (χ0) is 23.8. The molecule has 0 saturated heterocycles. The summed E-state index contributed by atoms with van der Waals surface area (Å²) in [6.45, 7) is 0.259. The minimum Gasteiger partial charge on any atom is -0.493 e. The van der Waals surface area contributed by atoms with Gasteiger partial charge in [0.25, 0.3) is 5.56 Å². The van der Waals surface area contributed by atoms with Crippen LogP contribution in [0.1, 0.15) is 21.5 Å². The highest BCUT2D eigenvalue weighted by Gasteiger charge is 2.14. The summed E-state index contributed by atoms with van der Waals surface area (Å²) in [6, 6.07) is 17.9. The van der Waals surface area contributed by atoms with Crippen LogP contribution in [0, 0.1) is 3.57 Å². The number of ether oxygens (including phenoxy) is 2. The molecule has 7 nitrogen and oxygen atoms in total. The van der Waals surface area contributed by atoms with Crippen LogP contribution in [0.5, 0.6) is 11.5 Å². The van der Waals surface area contributed by atoms with Gasteiger partial charge in [-0.05, 0) is 76.2 Å². The van der Waals surface area contributed by atoms with Crippen LogP contribution < -0.4 is 19.6 Å². The minimum atomic E-state index is -0.969. The quantitative estimate of drug-likeness (QED) is 0.299. The Morgan fingerprint density at radius 3 is 2.68 bits per heavy atom. The predicted octanol–water partition coefficient (Wildman–Crippen LogP) is 4.35. The molecule has 34 heavy (non-hydrogen) atoms. The Hall–Kier alpha value is -3.44. The maximum atomic E-state index is 13.0. The Kier molecular flexibility index (Phi) is 5.96. The first kappa shape index (κ1) is 22.4. The van der Waals surface area contributed by atoms with E-state index < -0.39 is 5.97 Å². The number of thiazole rings is 1. The molecule has 0 amide bonds. The molecule has 0 spiro atoms. The van der Waals surface area contributed by atoms with Gasteiger partial charge in [-0.2, -0.15) is 0 Å². The van der Waals surface area contributed by atoms with Gasteiger partial charge in [0.1, 0.15) is 6.61 Å². The lowest BCUT2D eigenvalue weighted by Gasteiger charge is -2.14. The molecule has 0 radical (unpaired) electrons. The number of rotatable bonds is 6. The van der Waals surface area contributed by atoms with Crippen LogP contribution >= 0.6 is 33.9 Å². The first-order chi connectivity index (χ1) is 16.4. The maximum absolute atomic E-state index is 13.0. The molecule has 5 rings (SSSR count). The van der Waals surface area contributed by atoms with E-state index in [0.29, 0.717) is 21.0 Å². The zero-order valence-electron chi connectivity index (χ0n) is 17.8. The van der Waals surface area contributed by atoms with Crippen molar-refractivity contribution < 1.29 is 19.4 Å². The van der Waals surface area contributed by atoms with Crippen molar-refractivity contribution in [1.82, 2.24) is 9.38 Å². The van der Waals surface area contributed by atoms with E-state index in [1.807, 2.05) is 42.5 Å². The van der Waals surface area contributed by atoms with E-state index in [4.69, 9.17) is 14.6 Å². The first-order valence-electron chi connectivity index (χ1n) is 10.2. The van der Waals surface area contributed by atoms with E-state index in [-0.39, 0.29) is 17.7 Å². The number of hydrogen-bond acceptors (Lipinski definition) is 6. The number of carboxylic acids is 1. The standard InChI is InChI=1S/C25H17IN2O5S/c1-32-20-11-15(10-17(26)22(20)33-13-14-6-8-16(9-7-14)24(30)31)12-21-23(29)28-19-5-3-2-4-18(19)27-25(28)34-21/h2-12H,13H2,1H3,(H,30,31)/b21-12-. The molecule has 0 aliphatic heterocycles. The third kappa shape index (κ3) is 4.12. The predicted molar refractivity (Wildman–Crippen MR) is 139 cm³/mol. The number of benzene rings is 3. The second-order valence-electron chi connectivity index (χ2n) is 7.46. The summed E-state index contributed by atoms with van der Waals surface area (Å²) in [4.78, 5) is 29.3. The molecule has 0 atom stereocenters. The van der Waals surface area contributed by atoms with E-state index in [0.717, 1.165) is 25.7 Å². The molecule has 3 aromatic carbocycles. The zero-order valence-corrected chi connectivity index (χ0v) is 20.8. The molecule has 9 heteroatoms. The van der Waals surface area contributed by atoms with Crippen LogP contribution in [0.4, 0.5) is 0 Å². The topological polar surface area (TPSA) is 90.1 Å². The fourth-order valence-corrected chi connectivity index (χ4v) is 5.39. The molecule has 170 valence electrons. The number of fused-ring (bicyclic) bond motifs is 3. The van der Waals surface area contributed by atoms with E-state index in [1.165, 1.54) is 11.3 Å². The molecule has 0 fully saturated rings. The number of carboxylic acid groups (broad SMARTS) is 1. The van der Waals surface area contributed by atoms with E-state index >= 15 is 0 Å². The lowest BCUT2D eigenvalue weighted by Crippen LogP contribution is -2.22. The van der Waals surface area contributed by atoms with Crippen molar-refractivity contribution in [3.05, 3.63) is 95.8 Å². The minimum absolute atomic E-state index is 0.104. The number of nitrogens with zero attached hydrogens (tertiary/aromatic N) is 2. The number of hydrogen-bond donors (Lipinski definition) is 1. The highest BCUT2D eigenvalue weighted by atomic mass is 127. The smallest absolute Gasteiger partial charge is 0.335 e. The lowest BCUT2D eigenvalue weighted by molar-refractivity contribution is 0.0697. The third-order valence-electron chi connectivity index (χ3n) is 5.28. The molecular weight excluding hydrogens is 567 g/mol. The number of halogens is 1. The van der Waals surface area contributed by atoms with Crippen molar-refractivity contribution in [2.75, 3.05) is 7.11 Å². The highest BCUT2D eigenvalue weighted by molar-refractivity contribution is 14.1. The second-order valence-corrected chi connectivity index (χ2v) is 9.63. The third-order valence-corrected chi connectivity index (χ3v) is 7.05. The van der Waals surface area contributed by atoms with Crippen molar-refractivity contribution in [1.29, 1.82) is 0 Å². The molecule has 0 bridgehead atoms. The van der Waals surface area contributed by atoms with Crippen LogP contribution in [0.15, 0.2) is 65.5 Å². The van der Waals surface area contributed by atoms with Crippen molar-refractivity contribution in [3.63, 3.8) is 0 Å². The molecule has 2 aromatic heterocycles. The number of carbonyl (C=O) groups is 1. The second kappa shape index (κ2) is 9.07. The van der Waals surface area contributed by atoms with Gasteiger partial charge in [0.2, 0.25) is 0 Å². The van der Waals surface area contributed by atoms with E-state index in [1.54, 1.807) is 35.8 Å². The number of imidazole rings is 1. The number of methoxy groups -OCH3 is 1. The number of aromatic carboxylic acids is 1. The van der Waals surface area contributed by atoms with E-state index in [2.05, 4.69) is 27.6 Å². The SMILES string of the molecule is COc1cc(/C=c2\sc3nc4ccccc4n3c2=O)cc(I)c1OCc1ccc(C(=O)O)cc1. The van der Waals surface area contributed by atoms with Gasteiger partial charge in [-0.25, -0.2) is 14.2 Å². The average Bonchev–Trinajstić information content (AvgIpc) is 3.34. The Bertz CT molecular complexity index is 1660. The van der Waals surface area contributed by atoms with Crippen LogP contribution in [0.2, 0.25) is 0 Å². The molecule has 5 aromatic rings. The Morgan fingerprint density at radius 2 is 1.94 bits per heavy atom. The number of para-hydroxylation sites is 2. The summed E-state index contributed by atoms with van der Waals surface area (Å²) < 4.78 is 14.6. The van der Waals surface area contributed by atoms with Crippen LogP contribution in [-0.4, -0.2) is 27.6 Å². The van der Waals surface area contributed by atoms with Crippen LogP contribution in [0.3, 0.4) is 0 Å². The molecule has 0 aliphatic carbocycles. The van der Waals surface area contributed by atoms with Gasteiger partial charge in [0, 0.05) is 0 Å². The largest absolute Gasteiger partial charge is 0.493 e.